The molecule has 0 aliphatic carbocycles. The summed E-state index contributed by atoms with van der Waals surface area (Å²) in [6.07, 6.45) is 3.74. The number of benzene rings is 1. The summed E-state index contributed by atoms with van der Waals surface area (Å²) in [6, 6.07) is 5.84. The Bertz CT molecular complexity index is 304. The molecule has 11 heavy (non-hydrogen) atoms. The smallest absolute Gasteiger partial charge is 0.128 e. The van der Waals surface area contributed by atoms with E-state index < -0.39 is 0 Å². The lowest BCUT2D eigenvalue weighted by molar-refractivity contribution is 0.414. The Kier molecular flexibility index (Phi) is 1.32. The molecular weight excluding hydrogens is 138 g/mol. The maximum absolute atomic E-state index is 5.15. The second kappa shape index (κ2) is 2.31. The Morgan fingerprint density at radius 1 is 1.36 bits per heavy atom. The summed E-state index contributed by atoms with van der Waals surface area (Å²) in [5.41, 5.74) is 2.07. The average molecular weight is 146 g/mol. The highest BCUT2D eigenvalue weighted by atomic mass is 16.5. The Labute approximate surface area is 65.5 Å². The SMILES string of the molecule is COc1cccc2c1C=C[N]2. The van der Waals surface area contributed by atoms with Crippen LogP contribution in [0.1, 0.15) is 5.56 Å². The molecule has 0 N–H and O–H groups in total. The molecule has 0 atom stereocenters. The first kappa shape index (κ1) is 6.28. The van der Waals surface area contributed by atoms with Crippen molar-refractivity contribution in [3.05, 3.63) is 30.0 Å². The topological polar surface area (TPSA) is 23.3 Å². The van der Waals surface area contributed by atoms with Crippen molar-refractivity contribution < 1.29 is 4.74 Å². The number of hydrogen-bond acceptors (Lipinski definition) is 1. The van der Waals surface area contributed by atoms with Crippen molar-refractivity contribution in [1.29, 1.82) is 0 Å². The Balaban J connectivity index is 2.57. The molecule has 0 saturated carbocycles. The van der Waals surface area contributed by atoms with Gasteiger partial charge in [-0.15, -0.1) is 0 Å². The molecule has 0 aromatic heterocycles. The first-order valence-corrected chi connectivity index (χ1v) is 3.46. The van der Waals surface area contributed by atoms with Crippen LogP contribution >= 0.6 is 0 Å². The van der Waals surface area contributed by atoms with E-state index in [0.717, 1.165) is 17.0 Å². The van der Waals surface area contributed by atoms with E-state index in [2.05, 4.69) is 5.32 Å². The molecule has 2 rings (SSSR count). The van der Waals surface area contributed by atoms with Crippen LogP contribution in [0.25, 0.3) is 6.08 Å². The largest absolute Gasteiger partial charge is 0.496 e. The monoisotopic (exact) mass is 146 g/mol. The summed E-state index contributed by atoms with van der Waals surface area (Å²) < 4.78 is 5.15. The van der Waals surface area contributed by atoms with Gasteiger partial charge in [0.05, 0.1) is 12.8 Å². The van der Waals surface area contributed by atoms with E-state index in [1.165, 1.54) is 0 Å². The van der Waals surface area contributed by atoms with Crippen LogP contribution in [-0.2, 0) is 0 Å². The van der Waals surface area contributed by atoms with E-state index in [4.69, 9.17) is 4.74 Å². The maximum atomic E-state index is 5.15. The summed E-state index contributed by atoms with van der Waals surface area (Å²) >= 11 is 0. The van der Waals surface area contributed by atoms with Gasteiger partial charge in [-0.1, -0.05) is 6.07 Å². The van der Waals surface area contributed by atoms with Gasteiger partial charge in [-0.3, -0.25) is 5.32 Å². The highest BCUT2D eigenvalue weighted by Gasteiger charge is 2.09. The molecule has 1 aromatic carbocycles. The third kappa shape index (κ3) is 0.871. The fourth-order valence-electron chi connectivity index (χ4n) is 1.18. The molecule has 0 saturated heterocycles. The number of methoxy groups -OCH3 is 1. The van der Waals surface area contributed by atoms with Gasteiger partial charge in [-0.25, -0.2) is 0 Å². The third-order valence-electron chi connectivity index (χ3n) is 1.72. The summed E-state index contributed by atoms with van der Waals surface area (Å²) in [4.78, 5) is 0. The zero-order valence-electron chi connectivity index (χ0n) is 6.24. The minimum absolute atomic E-state index is 0.889. The second-order valence-electron chi connectivity index (χ2n) is 2.34. The van der Waals surface area contributed by atoms with Gasteiger partial charge in [-0.05, 0) is 18.2 Å². The highest BCUT2D eigenvalue weighted by Crippen LogP contribution is 2.31. The van der Waals surface area contributed by atoms with Crippen molar-refractivity contribution in [2.24, 2.45) is 0 Å². The number of hydrogen-bond donors (Lipinski definition) is 0. The van der Waals surface area contributed by atoms with Gasteiger partial charge in [0.25, 0.3) is 0 Å². The summed E-state index contributed by atoms with van der Waals surface area (Å²) in [6.45, 7) is 0. The zero-order chi connectivity index (χ0) is 7.68. The van der Waals surface area contributed by atoms with E-state index in [9.17, 15) is 0 Å². The molecule has 1 aromatic rings. The van der Waals surface area contributed by atoms with E-state index in [1.54, 1.807) is 13.3 Å². The maximum Gasteiger partial charge on any atom is 0.128 e. The van der Waals surface area contributed by atoms with Crippen molar-refractivity contribution in [3.63, 3.8) is 0 Å². The summed E-state index contributed by atoms with van der Waals surface area (Å²) in [7, 11) is 1.67. The highest BCUT2D eigenvalue weighted by molar-refractivity contribution is 5.73. The van der Waals surface area contributed by atoms with Gasteiger partial charge in [0.2, 0.25) is 0 Å². The minimum atomic E-state index is 0.889. The van der Waals surface area contributed by atoms with Crippen molar-refractivity contribution in [2.45, 2.75) is 0 Å². The second-order valence-corrected chi connectivity index (χ2v) is 2.34. The average Bonchev–Trinajstić information content (AvgIpc) is 2.50. The third-order valence-corrected chi connectivity index (χ3v) is 1.72. The van der Waals surface area contributed by atoms with Gasteiger partial charge < -0.3 is 4.74 Å². The minimum Gasteiger partial charge on any atom is -0.496 e. The molecule has 0 unspecified atom stereocenters. The predicted molar refractivity (Wildman–Crippen MR) is 43.8 cm³/mol. The van der Waals surface area contributed by atoms with E-state index >= 15 is 0 Å². The Morgan fingerprint density at radius 3 is 3.09 bits per heavy atom. The van der Waals surface area contributed by atoms with E-state index in [-0.39, 0.29) is 0 Å². The normalized spacial score (nSPS) is 12.5. The molecule has 1 heterocycles. The lowest BCUT2D eigenvalue weighted by Crippen LogP contribution is -1.87. The molecular formula is C9H8NO. The fourth-order valence-corrected chi connectivity index (χ4v) is 1.18. The van der Waals surface area contributed by atoms with E-state index in [1.807, 2.05) is 24.3 Å². The predicted octanol–water partition coefficient (Wildman–Crippen LogP) is 1.92. The number of nitrogens with zero attached hydrogens (tertiary/aromatic N) is 1. The van der Waals surface area contributed by atoms with Crippen LogP contribution in [0.15, 0.2) is 24.4 Å². The molecule has 0 bridgehead atoms. The van der Waals surface area contributed by atoms with Crippen LogP contribution in [0.5, 0.6) is 5.75 Å². The standard InChI is InChI=1S/C9H8NO/c1-11-9-4-2-3-8-7(9)5-6-10-8/h2-6H,1H3. The molecule has 2 nitrogen and oxygen atoms in total. The van der Waals surface area contributed by atoms with Gasteiger partial charge >= 0.3 is 0 Å². The molecule has 2 heteroatoms. The van der Waals surface area contributed by atoms with Gasteiger partial charge in [0.1, 0.15) is 5.75 Å². The summed E-state index contributed by atoms with van der Waals surface area (Å²) in [5, 5.41) is 4.15. The van der Waals surface area contributed by atoms with Crippen molar-refractivity contribution in [2.75, 3.05) is 7.11 Å². The molecule has 1 radical (unpaired) electrons. The van der Waals surface area contributed by atoms with Crippen LogP contribution in [0.4, 0.5) is 5.69 Å². The van der Waals surface area contributed by atoms with Crippen molar-refractivity contribution >= 4 is 11.8 Å². The number of ether oxygens (including phenoxy) is 1. The molecule has 0 amide bonds. The number of fused-ring (bicyclic) bond motifs is 1. The fraction of sp³-hybridized carbons (Fsp3) is 0.111. The quantitative estimate of drug-likeness (QED) is 0.593. The number of rotatable bonds is 1. The van der Waals surface area contributed by atoms with Gasteiger partial charge in [0.15, 0.2) is 0 Å². The Hall–Kier alpha value is -1.44. The van der Waals surface area contributed by atoms with Crippen LogP contribution in [0, 0.1) is 0 Å². The van der Waals surface area contributed by atoms with Crippen molar-refractivity contribution in [1.82, 2.24) is 5.32 Å². The first-order chi connectivity index (χ1) is 5.42. The molecule has 1 aliphatic heterocycles. The molecule has 1 aliphatic rings. The van der Waals surface area contributed by atoms with Crippen LogP contribution in [-0.4, -0.2) is 7.11 Å². The molecule has 55 valence electrons. The lowest BCUT2D eigenvalue weighted by atomic mass is 10.2. The zero-order valence-corrected chi connectivity index (χ0v) is 6.24. The van der Waals surface area contributed by atoms with Crippen LogP contribution < -0.4 is 10.1 Å². The van der Waals surface area contributed by atoms with E-state index in [0.29, 0.717) is 0 Å². The Morgan fingerprint density at radius 2 is 2.27 bits per heavy atom. The van der Waals surface area contributed by atoms with Gasteiger partial charge in [-0.2, -0.15) is 0 Å². The first-order valence-electron chi connectivity index (χ1n) is 3.46. The molecule has 0 spiro atoms. The van der Waals surface area contributed by atoms with Crippen LogP contribution in [0.2, 0.25) is 0 Å². The molecule has 0 fully saturated rings. The van der Waals surface area contributed by atoms with Crippen molar-refractivity contribution in [3.8, 4) is 5.75 Å². The van der Waals surface area contributed by atoms with Crippen LogP contribution in [0.3, 0.4) is 0 Å². The van der Waals surface area contributed by atoms with Gasteiger partial charge in [0, 0.05) is 11.8 Å². The summed E-state index contributed by atoms with van der Waals surface area (Å²) in [5.74, 6) is 0.889. The lowest BCUT2D eigenvalue weighted by Gasteiger charge is -2.03.